The van der Waals surface area contributed by atoms with Crippen LogP contribution in [-0.2, 0) is 7.05 Å². The van der Waals surface area contributed by atoms with Gasteiger partial charge in [-0.15, -0.1) is 0 Å². The Morgan fingerprint density at radius 2 is 1.55 bits per heavy atom. The Balaban J connectivity index is 1.38. The van der Waals surface area contributed by atoms with E-state index in [1.54, 1.807) is 31.3 Å². The highest BCUT2D eigenvalue weighted by Gasteiger charge is 2.22. The Morgan fingerprint density at radius 3 is 2.30 bits per heavy atom. The minimum Gasteiger partial charge on any atom is -0.322 e. The normalized spacial score (nSPS) is 10.8. The predicted molar refractivity (Wildman–Crippen MR) is 126 cm³/mol. The summed E-state index contributed by atoms with van der Waals surface area (Å²) < 4.78 is 3.28. The van der Waals surface area contributed by atoms with Crippen molar-refractivity contribution in [3.63, 3.8) is 0 Å². The van der Waals surface area contributed by atoms with Crippen LogP contribution in [0.2, 0.25) is 0 Å². The number of aromatic nitrogens is 4. The molecule has 8 heteroatoms. The molecule has 0 unspecified atom stereocenters. The van der Waals surface area contributed by atoms with E-state index in [1.807, 2.05) is 65.3 Å². The standard InChI is InChI=1S/C25H20N6O2/c1-30-23(20(15-26-30)24(32)27-18-10-6-3-7-11-18)25(33)28-19-12-13-31-16-21(29-22(31)14-19)17-8-4-2-5-9-17/h2-16H,1H3,(H,27,32)(H,28,33). The van der Waals surface area contributed by atoms with E-state index < -0.39 is 11.8 Å². The second kappa shape index (κ2) is 8.43. The third-order valence-corrected chi connectivity index (χ3v) is 5.22. The zero-order chi connectivity index (χ0) is 22.8. The van der Waals surface area contributed by atoms with Crippen LogP contribution < -0.4 is 10.6 Å². The Kier molecular flexibility index (Phi) is 5.16. The fraction of sp³-hybridized carbons (Fsp3) is 0.0400. The van der Waals surface area contributed by atoms with E-state index in [2.05, 4.69) is 20.7 Å². The number of aryl methyl sites for hydroxylation is 1. The van der Waals surface area contributed by atoms with Gasteiger partial charge < -0.3 is 15.0 Å². The van der Waals surface area contributed by atoms with Gasteiger partial charge in [0.2, 0.25) is 0 Å². The molecule has 0 radical (unpaired) electrons. The summed E-state index contributed by atoms with van der Waals surface area (Å²) in [5.74, 6) is -0.844. The molecule has 2 amide bonds. The van der Waals surface area contributed by atoms with Crippen molar-refractivity contribution in [1.29, 1.82) is 0 Å². The molecule has 0 saturated heterocycles. The second-order valence-corrected chi connectivity index (χ2v) is 7.48. The van der Waals surface area contributed by atoms with Crippen molar-refractivity contribution in [3.8, 4) is 11.3 Å². The number of benzene rings is 2. The number of rotatable bonds is 5. The second-order valence-electron chi connectivity index (χ2n) is 7.48. The zero-order valence-corrected chi connectivity index (χ0v) is 17.8. The van der Waals surface area contributed by atoms with Gasteiger partial charge in [-0.2, -0.15) is 5.10 Å². The molecular weight excluding hydrogens is 416 g/mol. The van der Waals surface area contributed by atoms with Gasteiger partial charge in [-0.25, -0.2) is 4.98 Å². The van der Waals surface area contributed by atoms with Gasteiger partial charge >= 0.3 is 0 Å². The van der Waals surface area contributed by atoms with Crippen LogP contribution in [0.1, 0.15) is 20.8 Å². The van der Waals surface area contributed by atoms with Crippen LogP contribution in [0.3, 0.4) is 0 Å². The first kappa shape index (κ1) is 20.2. The molecular formula is C25H20N6O2. The summed E-state index contributed by atoms with van der Waals surface area (Å²) in [5, 5.41) is 9.75. The van der Waals surface area contributed by atoms with Gasteiger partial charge in [0.05, 0.1) is 17.5 Å². The molecule has 2 aromatic carbocycles. The third-order valence-electron chi connectivity index (χ3n) is 5.22. The van der Waals surface area contributed by atoms with Crippen LogP contribution in [0.15, 0.2) is 91.4 Å². The van der Waals surface area contributed by atoms with Crippen molar-refractivity contribution < 1.29 is 9.59 Å². The topological polar surface area (TPSA) is 93.3 Å². The maximum Gasteiger partial charge on any atom is 0.274 e. The number of imidazole rings is 1. The molecule has 0 fully saturated rings. The van der Waals surface area contributed by atoms with Crippen molar-refractivity contribution in [2.75, 3.05) is 10.6 Å². The van der Waals surface area contributed by atoms with Gasteiger partial charge in [0, 0.05) is 42.4 Å². The van der Waals surface area contributed by atoms with Gasteiger partial charge in [-0.05, 0) is 18.2 Å². The van der Waals surface area contributed by atoms with Crippen LogP contribution >= 0.6 is 0 Å². The molecule has 2 N–H and O–H groups in total. The molecule has 3 heterocycles. The molecule has 3 aromatic heterocycles. The average Bonchev–Trinajstić information content (AvgIpc) is 3.43. The van der Waals surface area contributed by atoms with E-state index in [0.29, 0.717) is 17.0 Å². The smallest absolute Gasteiger partial charge is 0.274 e. The lowest BCUT2D eigenvalue weighted by Crippen LogP contribution is -2.22. The maximum absolute atomic E-state index is 13.1. The highest BCUT2D eigenvalue weighted by Crippen LogP contribution is 2.21. The molecule has 162 valence electrons. The molecule has 0 saturated carbocycles. The molecule has 0 atom stereocenters. The first-order valence-electron chi connectivity index (χ1n) is 10.3. The minimum atomic E-state index is -0.438. The van der Waals surface area contributed by atoms with Crippen LogP contribution in [0.25, 0.3) is 16.9 Å². The van der Waals surface area contributed by atoms with Gasteiger partial charge in [-0.1, -0.05) is 48.5 Å². The highest BCUT2D eigenvalue weighted by atomic mass is 16.2. The number of amides is 2. The Morgan fingerprint density at radius 1 is 0.848 bits per heavy atom. The summed E-state index contributed by atoms with van der Waals surface area (Å²) in [7, 11) is 1.62. The lowest BCUT2D eigenvalue weighted by molar-refractivity contribution is 0.0985. The van der Waals surface area contributed by atoms with Crippen LogP contribution in [0.4, 0.5) is 11.4 Å². The fourth-order valence-corrected chi connectivity index (χ4v) is 3.59. The van der Waals surface area contributed by atoms with E-state index in [0.717, 1.165) is 11.3 Å². The number of nitrogens with one attached hydrogen (secondary N) is 2. The van der Waals surface area contributed by atoms with E-state index in [9.17, 15) is 9.59 Å². The van der Waals surface area contributed by atoms with E-state index in [4.69, 9.17) is 0 Å². The van der Waals surface area contributed by atoms with Gasteiger partial charge in [-0.3, -0.25) is 14.3 Å². The van der Waals surface area contributed by atoms with Crippen LogP contribution in [0, 0.1) is 0 Å². The van der Waals surface area contributed by atoms with Crippen molar-refractivity contribution in [2.24, 2.45) is 7.05 Å². The minimum absolute atomic E-state index is 0.164. The van der Waals surface area contributed by atoms with Gasteiger partial charge in [0.1, 0.15) is 11.3 Å². The van der Waals surface area contributed by atoms with Crippen LogP contribution in [0.5, 0.6) is 0 Å². The number of carbonyl (C=O) groups excluding carboxylic acids is 2. The molecule has 0 spiro atoms. The summed E-state index contributed by atoms with van der Waals surface area (Å²) in [5.41, 5.74) is 4.09. The van der Waals surface area contributed by atoms with Crippen LogP contribution in [-0.4, -0.2) is 31.0 Å². The Bertz CT molecular complexity index is 1450. The van der Waals surface area contributed by atoms with Gasteiger partial charge in [0.15, 0.2) is 0 Å². The van der Waals surface area contributed by atoms with E-state index >= 15 is 0 Å². The molecule has 0 aliphatic heterocycles. The summed E-state index contributed by atoms with van der Waals surface area (Å²) in [6, 6.07) is 22.5. The zero-order valence-electron chi connectivity index (χ0n) is 17.8. The molecule has 33 heavy (non-hydrogen) atoms. The van der Waals surface area contributed by atoms with E-state index in [-0.39, 0.29) is 11.3 Å². The number of para-hydroxylation sites is 1. The van der Waals surface area contributed by atoms with Gasteiger partial charge in [0.25, 0.3) is 11.8 Å². The molecule has 0 aliphatic rings. The Hall–Kier alpha value is -4.72. The number of anilines is 2. The molecule has 5 rings (SSSR count). The number of nitrogens with zero attached hydrogens (tertiary/aromatic N) is 4. The summed E-state index contributed by atoms with van der Waals surface area (Å²) in [4.78, 5) is 30.5. The molecule has 0 bridgehead atoms. The number of pyridine rings is 1. The summed E-state index contributed by atoms with van der Waals surface area (Å²) >= 11 is 0. The highest BCUT2D eigenvalue weighted by molar-refractivity contribution is 6.14. The first-order valence-corrected chi connectivity index (χ1v) is 10.3. The van der Waals surface area contributed by atoms with E-state index in [1.165, 1.54) is 10.9 Å². The quantitative estimate of drug-likeness (QED) is 0.431. The average molecular weight is 436 g/mol. The number of fused-ring (bicyclic) bond motifs is 1. The Labute approximate surface area is 189 Å². The summed E-state index contributed by atoms with van der Waals surface area (Å²) in [6.45, 7) is 0. The lowest BCUT2D eigenvalue weighted by atomic mass is 10.2. The summed E-state index contributed by atoms with van der Waals surface area (Å²) in [6.07, 6.45) is 5.15. The van der Waals surface area contributed by atoms with Crippen molar-refractivity contribution >= 4 is 28.8 Å². The largest absolute Gasteiger partial charge is 0.322 e. The first-order chi connectivity index (χ1) is 16.1. The fourth-order valence-electron chi connectivity index (χ4n) is 3.59. The number of hydrogen-bond donors (Lipinski definition) is 2. The number of hydrogen-bond acceptors (Lipinski definition) is 4. The molecule has 0 aliphatic carbocycles. The molecule has 8 nitrogen and oxygen atoms in total. The SMILES string of the molecule is Cn1ncc(C(=O)Nc2ccccc2)c1C(=O)Nc1ccn2cc(-c3ccccc3)nc2c1. The monoisotopic (exact) mass is 436 g/mol. The maximum atomic E-state index is 13.1. The molecule has 5 aromatic rings. The van der Waals surface area contributed by atoms with Crippen molar-refractivity contribution in [1.82, 2.24) is 19.2 Å². The predicted octanol–water partition coefficient (Wildman–Crippen LogP) is 4.24. The van der Waals surface area contributed by atoms with Crippen molar-refractivity contribution in [2.45, 2.75) is 0 Å². The third kappa shape index (κ3) is 4.09. The number of carbonyl (C=O) groups is 2. The van der Waals surface area contributed by atoms with Crippen molar-refractivity contribution in [3.05, 3.63) is 103 Å². The lowest BCUT2D eigenvalue weighted by Gasteiger charge is -2.09.